The fourth-order valence-electron chi connectivity index (χ4n) is 3.20. The van der Waals surface area contributed by atoms with Gasteiger partial charge >= 0.3 is 12.1 Å². The Kier molecular flexibility index (Phi) is 6.61. The number of alkyl halides is 3. The van der Waals surface area contributed by atoms with Crippen LogP contribution in [0.25, 0.3) is 10.9 Å². The van der Waals surface area contributed by atoms with Gasteiger partial charge in [0.25, 0.3) is 5.91 Å². The lowest BCUT2D eigenvalue weighted by molar-refractivity contribution is -0.138. The number of carbonyl (C=O) groups is 2. The van der Waals surface area contributed by atoms with Crippen LogP contribution in [0.5, 0.6) is 5.75 Å². The number of carboxylic acids is 1. The molecule has 176 valence electrons. The minimum absolute atomic E-state index is 0.0795. The smallest absolute Gasteiger partial charge is 0.417 e. The maximum atomic E-state index is 12.8. The molecule has 13 heteroatoms. The maximum absolute atomic E-state index is 12.8. The summed E-state index contributed by atoms with van der Waals surface area (Å²) in [7, 11) is -2.95. The van der Waals surface area contributed by atoms with E-state index in [9.17, 15) is 36.3 Å². The van der Waals surface area contributed by atoms with Gasteiger partial charge in [0.1, 0.15) is 18.0 Å². The highest BCUT2D eigenvalue weighted by atomic mass is 35.5. The normalized spacial score (nSPS) is 12.0. The largest absolute Gasteiger partial charge is 0.497 e. The van der Waals surface area contributed by atoms with E-state index in [-0.39, 0.29) is 11.3 Å². The number of ether oxygens (including phenoxy) is 1. The predicted molar refractivity (Wildman–Crippen MR) is 113 cm³/mol. The molecule has 1 amide bonds. The summed E-state index contributed by atoms with van der Waals surface area (Å²) in [5.74, 6) is -2.76. The van der Waals surface area contributed by atoms with Crippen molar-refractivity contribution in [2.24, 2.45) is 0 Å². The minimum Gasteiger partial charge on any atom is -0.497 e. The van der Waals surface area contributed by atoms with Gasteiger partial charge in [0, 0.05) is 10.9 Å². The molecule has 0 bridgehead atoms. The van der Waals surface area contributed by atoms with Gasteiger partial charge in [0.2, 0.25) is 10.0 Å². The van der Waals surface area contributed by atoms with Crippen molar-refractivity contribution in [3.63, 3.8) is 0 Å². The topological polar surface area (TPSA) is 115 Å². The number of hydrogen-bond acceptors (Lipinski definition) is 5. The Morgan fingerprint density at radius 1 is 1.15 bits per heavy atom. The summed E-state index contributed by atoms with van der Waals surface area (Å²) in [6.07, 6.45) is -4.71. The van der Waals surface area contributed by atoms with E-state index in [4.69, 9.17) is 16.3 Å². The van der Waals surface area contributed by atoms with Crippen molar-refractivity contribution in [2.75, 3.05) is 7.11 Å². The Hall–Kier alpha value is -3.25. The Morgan fingerprint density at radius 3 is 2.42 bits per heavy atom. The van der Waals surface area contributed by atoms with Crippen LogP contribution in [0, 0.1) is 0 Å². The van der Waals surface area contributed by atoms with Crippen LogP contribution < -0.4 is 9.46 Å². The molecule has 0 saturated heterocycles. The predicted octanol–water partition coefficient (Wildman–Crippen LogP) is 3.67. The van der Waals surface area contributed by atoms with E-state index in [0.717, 1.165) is 16.7 Å². The number of aromatic nitrogens is 1. The molecule has 0 fully saturated rings. The molecule has 3 aromatic rings. The summed E-state index contributed by atoms with van der Waals surface area (Å²) in [6, 6.07) is 8.35. The Balaban J connectivity index is 1.89. The van der Waals surface area contributed by atoms with E-state index in [2.05, 4.69) is 0 Å². The van der Waals surface area contributed by atoms with E-state index < -0.39 is 51.0 Å². The number of fused-ring (bicyclic) bond motifs is 1. The SMILES string of the molecule is COc1ccc2c(c1)cc(C(=O)NS(=O)(=O)Cc1ccc(C(F)(F)F)c(Cl)c1)n2CC(=O)O. The zero-order chi connectivity index (χ0) is 24.6. The van der Waals surface area contributed by atoms with E-state index in [1.165, 1.54) is 19.2 Å². The van der Waals surface area contributed by atoms with Crippen molar-refractivity contribution >= 4 is 44.4 Å². The lowest BCUT2D eigenvalue weighted by Gasteiger charge is -2.12. The number of nitrogens with zero attached hydrogens (tertiary/aromatic N) is 1. The molecule has 8 nitrogen and oxygen atoms in total. The number of carboxylic acid groups (broad SMARTS) is 1. The summed E-state index contributed by atoms with van der Waals surface area (Å²) < 4.78 is 71.5. The molecule has 0 spiro atoms. The van der Waals surface area contributed by atoms with Gasteiger partial charge in [-0.25, -0.2) is 13.1 Å². The molecule has 1 heterocycles. The number of rotatable bonds is 7. The standard InChI is InChI=1S/C20H16ClF3N2O6S/c1-32-13-3-5-16-12(7-13)8-17(26(16)9-18(27)28)19(29)25-33(30,31)10-11-2-4-14(15(21)6-11)20(22,23)24/h2-8H,9-10H2,1H3,(H,25,29)(H,27,28). The van der Waals surface area contributed by atoms with Crippen LogP contribution in [0.2, 0.25) is 5.02 Å². The Bertz CT molecular complexity index is 1350. The average Bonchev–Trinajstić information content (AvgIpc) is 3.03. The van der Waals surface area contributed by atoms with Gasteiger partial charge in [-0.3, -0.25) is 9.59 Å². The van der Waals surface area contributed by atoms with E-state index in [1.807, 2.05) is 4.72 Å². The molecule has 0 saturated carbocycles. The van der Waals surface area contributed by atoms with Crippen LogP contribution in [0.15, 0.2) is 42.5 Å². The van der Waals surface area contributed by atoms with Gasteiger partial charge in [-0.15, -0.1) is 0 Å². The van der Waals surface area contributed by atoms with Crippen LogP contribution in [0.3, 0.4) is 0 Å². The number of amides is 1. The molecule has 0 unspecified atom stereocenters. The second-order valence-corrected chi connectivity index (χ2v) is 9.07. The molecule has 0 aliphatic heterocycles. The number of nitrogens with one attached hydrogen (secondary N) is 1. The number of sulfonamides is 1. The van der Waals surface area contributed by atoms with Gasteiger partial charge in [-0.1, -0.05) is 17.7 Å². The summed E-state index contributed by atoms with van der Waals surface area (Å²) in [6.45, 7) is -0.618. The number of aliphatic carboxylic acids is 1. The third kappa shape index (κ3) is 5.57. The van der Waals surface area contributed by atoms with Gasteiger partial charge in [0.05, 0.1) is 23.4 Å². The number of methoxy groups -OCH3 is 1. The van der Waals surface area contributed by atoms with Crippen LogP contribution in [-0.4, -0.2) is 37.1 Å². The molecule has 2 N–H and O–H groups in total. The monoisotopic (exact) mass is 504 g/mol. The summed E-state index contributed by atoms with van der Waals surface area (Å²) in [4.78, 5) is 24.0. The summed E-state index contributed by atoms with van der Waals surface area (Å²) in [5, 5.41) is 8.95. The Labute approximate surface area is 190 Å². The first-order valence-electron chi connectivity index (χ1n) is 9.10. The molecular weight excluding hydrogens is 489 g/mol. The quantitative estimate of drug-likeness (QED) is 0.507. The molecule has 0 aliphatic carbocycles. The van der Waals surface area contributed by atoms with E-state index >= 15 is 0 Å². The van der Waals surface area contributed by atoms with Crippen molar-refractivity contribution in [2.45, 2.75) is 18.5 Å². The van der Waals surface area contributed by atoms with Gasteiger partial charge in [-0.2, -0.15) is 13.2 Å². The van der Waals surface area contributed by atoms with Gasteiger partial charge < -0.3 is 14.4 Å². The van der Waals surface area contributed by atoms with Gasteiger partial charge in [0.15, 0.2) is 0 Å². The first kappa shape index (κ1) is 24.4. The molecule has 0 aliphatic rings. The number of halogens is 4. The molecule has 0 atom stereocenters. The summed E-state index contributed by atoms with van der Waals surface area (Å²) in [5.41, 5.74) is -1.09. The van der Waals surface area contributed by atoms with Crippen LogP contribution in [0.1, 0.15) is 21.6 Å². The highest BCUT2D eigenvalue weighted by Gasteiger charge is 2.33. The van der Waals surface area contributed by atoms with Crippen LogP contribution in [-0.2, 0) is 33.3 Å². The zero-order valence-corrected chi connectivity index (χ0v) is 18.4. The molecule has 1 aromatic heterocycles. The first-order valence-corrected chi connectivity index (χ1v) is 11.1. The lowest BCUT2D eigenvalue weighted by Crippen LogP contribution is -2.33. The van der Waals surface area contributed by atoms with E-state index in [1.54, 1.807) is 12.1 Å². The van der Waals surface area contributed by atoms with Crippen molar-refractivity contribution in [1.29, 1.82) is 0 Å². The fraction of sp³-hybridized carbons (Fsp3) is 0.200. The summed E-state index contributed by atoms with van der Waals surface area (Å²) >= 11 is 5.61. The molecule has 0 radical (unpaired) electrons. The average molecular weight is 505 g/mol. The van der Waals surface area contributed by atoms with Crippen molar-refractivity contribution in [3.05, 3.63) is 64.3 Å². The van der Waals surface area contributed by atoms with Crippen molar-refractivity contribution in [1.82, 2.24) is 9.29 Å². The number of carbonyl (C=O) groups excluding carboxylic acids is 1. The van der Waals surface area contributed by atoms with Crippen LogP contribution in [0.4, 0.5) is 13.2 Å². The van der Waals surface area contributed by atoms with Crippen molar-refractivity contribution in [3.8, 4) is 5.75 Å². The fourth-order valence-corrected chi connectivity index (χ4v) is 4.58. The number of benzene rings is 2. The van der Waals surface area contributed by atoms with E-state index in [0.29, 0.717) is 22.7 Å². The van der Waals surface area contributed by atoms with Gasteiger partial charge in [-0.05, 0) is 42.0 Å². The second-order valence-electron chi connectivity index (χ2n) is 6.94. The molecule has 2 aromatic carbocycles. The van der Waals surface area contributed by atoms with Crippen molar-refractivity contribution < 1.29 is 41.0 Å². The third-order valence-electron chi connectivity index (χ3n) is 4.58. The molecular formula is C20H16ClF3N2O6S. The van der Waals surface area contributed by atoms with Crippen LogP contribution >= 0.6 is 11.6 Å². The lowest BCUT2D eigenvalue weighted by atomic mass is 10.1. The third-order valence-corrected chi connectivity index (χ3v) is 6.10. The maximum Gasteiger partial charge on any atom is 0.417 e. The number of hydrogen-bond donors (Lipinski definition) is 2. The highest BCUT2D eigenvalue weighted by Crippen LogP contribution is 2.35. The Morgan fingerprint density at radius 2 is 1.85 bits per heavy atom. The molecule has 33 heavy (non-hydrogen) atoms. The first-order chi connectivity index (χ1) is 15.3. The highest BCUT2D eigenvalue weighted by molar-refractivity contribution is 7.89. The zero-order valence-electron chi connectivity index (χ0n) is 16.8. The minimum atomic E-state index is -4.71. The molecule has 3 rings (SSSR count). The second kappa shape index (κ2) is 8.94.